The number of hydrogen-bond donors (Lipinski definition) is 1. The summed E-state index contributed by atoms with van der Waals surface area (Å²) in [5, 5.41) is 3.52. The number of nitrogens with one attached hydrogen (secondary N) is 1. The molecule has 0 bridgehead atoms. The molecule has 6 heteroatoms. The number of nitrogens with zero attached hydrogens (tertiary/aromatic N) is 2. The van der Waals surface area contributed by atoms with E-state index in [2.05, 4.69) is 34.3 Å². The Hall–Kier alpha value is -4.58. The molecule has 36 heavy (non-hydrogen) atoms. The van der Waals surface area contributed by atoms with E-state index in [-0.39, 0.29) is 11.3 Å². The van der Waals surface area contributed by atoms with Gasteiger partial charge >= 0.3 is 0 Å². The molecular weight excluding hydrogens is 453 g/mol. The quantitative estimate of drug-likeness (QED) is 0.260. The van der Waals surface area contributed by atoms with E-state index in [1.54, 1.807) is 18.5 Å². The van der Waals surface area contributed by atoms with E-state index < -0.39 is 5.82 Å². The minimum atomic E-state index is -0.607. The lowest BCUT2D eigenvalue weighted by Crippen LogP contribution is -1.99. The molecule has 0 saturated heterocycles. The van der Waals surface area contributed by atoms with Gasteiger partial charge in [-0.3, -0.25) is 14.8 Å². The van der Waals surface area contributed by atoms with Crippen molar-refractivity contribution in [3.8, 4) is 28.0 Å². The first-order valence-electron chi connectivity index (χ1n) is 11.5. The van der Waals surface area contributed by atoms with Crippen LogP contribution in [0.4, 0.5) is 15.8 Å². The van der Waals surface area contributed by atoms with Gasteiger partial charge in [-0.15, -0.1) is 0 Å². The normalized spacial score (nSPS) is 10.9. The number of ether oxygens (including phenoxy) is 1. The summed E-state index contributed by atoms with van der Waals surface area (Å²) < 4.78 is 19.9. The lowest BCUT2D eigenvalue weighted by Gasteiger charge is -2.18. The van der Waals surface area contributed by atoms with E-state index in [9.17, 15) is 9.18 Å². The maximum atomic E-state index is 14.6. The van der Waals surface area contributed by atoms with Crippen LogP contribution < -0.4 is 10.1 Å². The monoisotopic (exact) mass is 477 g/mol. The summed E-state index contributed by atoms with van der Waals surface area (Å²) in [6.45, 7) is 4.09. The van der Waals surface area contributed by atoms with Crippen molar-refractivity contribution in [3.63, 3.8) is 0 Å². The number of rotatable bonds is 6. The van der Waals surface area contributed by atoms with Gasteiger partial charge in [-0.2, -0.15) is 0 Å². The summed E-state index contributed by atoms with van der Waals surface area (Å²) in [6, 6.07) is 21.0. The van der Waals surface area contributed by atoms with E-state index in [1.807, 2.05) is 49.4 Å². The molecule has 5 rings (SSSR count). The Morgan fingerprint density at radius 2 is 1.50 bits per heavy atom. The summed E-state index contributed by atoms with van der Waals surface area (Å²) in [5.74, 6) is -0.393. The summed E-state index contributed by atoms with van der Waals surface area (Å²) in [5.41, 5.74) is 9.05. The van der Waals surface area contributed by atoms with Crippen molar-refractivity contribution < 1.29 is 13.9 Å². The molecule has 0 amide bonds. The van der Waals surface area contributed by atoms with E-state index in [0.717, 1.165) is 50.2 Å². The maximum absolute atomic E-state index is 14.6. The van der Waals surface area contributed by atoms with Gasteiger partial charge in [0.1, 0.15) is 17.1 Å². The Balaban J connectivity index is 1.58. The molecule has 4 aromatic carbocycles. The standard InChI is InChI=1S/C30H24FN3O2/c1-18-21(20-15-25(31)24(17-35)29(16-20)36-3)7-4-8-22(18)23-9-5-10-26(19(23)2)34-28-12-6-11-27-30(28)33-14-13-32-27/h4-17,34H,1-3H3. The number of hydrogen-bond acceptors (Lipinski definition) is 5. The van der Waals surface area contributed by atoms with Gasteiger partial charge in [0.2, 0.25) is 0 Å². The van der Waals surface area contributed by atoms with Crippen molar-refractivity contribution in [1.29, 1.82) is 0 Å². The van der Waals surface area contributed by atoms with Crippen LogP contribution in [0.25, 0.3) is 33.3 Å². The van der Waals surface area contributed by atoms with Crippen LogP contribution in [0.1, 0.15) is 21.5 Å². The van der Waals surface area contributed by atoms with Gasteiger partial charge in [0.15, 0.2) is 6.29 Å². The highest BCUT2D eigenvalue weighted by atomic mass is 19.1. The third-order valence-corrected chi connectivity index (χ3v) is 6.47. The molecule has 0 fully saturated rings. The zero-order chi connectivity index (χ0) is 25.2. The molecule has 0 unspecified atom stereocenters. The fourth-order valence-corrected chi connectivity index (χ4v) is 4.57. The Morgan fingerprint density at radius 1 is 0.833 bits per heavy atom. The SMILES string of the molecule is COc1cc(-c2cccc(-c3cccc(Nc4cccc5nccnc45)c3C)c2C)cc(F)c1C=O. The van der Waals surface area contributed by atoms with Crippen LogP contribution in [0, 0.1) is 19.7 Å². The molecule has 5 nitrogen and oxygen atoms in total. The zero-order valence-corrected chi connectivity index (χ0v) is 20.2. The molecule has 0 aliphatic heterocycles. The van der Waals surface area contributed by atoms with Gasteiger partial charge in [0, 0.05) is 18.1 Å². The Labute approximate surface area is 208 Å². The molecule has 0 saturated carbocycles. The molecule has 0 spiro atoms. The van der Waals surface area contributed by atoms with E-state index in [0.29, 0.717) is 11.8 Å². The number of halogens is 1. The van der Waals surface area contributed by atoms with Crippen molar-refractivity contribution >= 4 is 28.7 Å². The molecule has 5 aromatic rings. The molecule has 178 valence electrons. The molecule has 0 aliphatic carbocycles. The predicted molar refractivity (Wildman–Crippen MR) is 142 cm³/mol. The van der Waals surface area contributed by atoms with Crippen LogP contribution in [-0.4, -0.2) is 23.4 Å². The first-order chi connectivity index (χ1) is 17.5. The number of benzene rings is 4. The highest BCUT2D eigenvalue weighted by molar-refractivity contribution is 5.91. The van der Waals surface area contributed by atoms with Gasteiger partial charge in [0.25, 0.3) is 0 Å². The summed E-state index contributed by atoms with van der Waals surface area (Å²) in [4.78, 5) is 20.2. The Bertz CT molecular complexity index is 1610. The van der Waals surface area contributed by atoms with Crippen LogP contribution in [0.3, 0.4) is 0 Å². The number of aromatic nitrogens is 2. The number of anilines is 2. The van der Waals surface area contributed by atoms with Crippen LogP contribution in [-0.2, 0) is 0 Å². The average molecular weight is 478 g/mol. The number of methoxy groups -OCH3 is 1. The van der Waals surface area contributed by atoms with Crippen molar-refractivity contribution in [2.45, 2.75) is 13.8 Å². The third-order valence-electron chi connectivity index (χ3n) is 6.47. The highest BCUT2D eigenvalue weighted by Gasteiger charge is 2.16. The Kier molecular flexibility index (Phi) is 6.17. The number of fused-ring (bicyclic) bond motifs is 1. The van der Waals surface area contributed by atoms with Crippen LogP contribution in [0.2, 0.25) is 0 Å². The third kappa shape index (κ3) is 4.07. The van der Waals surface area contributed by atoms with Gasteiger partial charge in [-0.05, 0) is 77.6 Å². The molecular formula is C30H24FN3O2. The topological polar surface area (TPSA) is 64.1 Å². The fourth-order valence-electron chi connectivity index (χ4n) is 4.57. The number of aldehydes is 1. The van der Waals surface area contributed by atoms with Crippen LogP contribution in [0.5, 0.6) is 5.75 Å². The second-order valence-electron chi connectivity index (χ2n) is 8.50. The summed E-state index contributed by atoms with van der Waals surface area (Å²) in [7, 11) is 1.43. The van der Waals surface area contributed by atoms with Gasteiger partial charge in [-0.25, -0.2) is 4.39 Å². The van der Waals surface area contributed by atoms with Crippen LogP contribution in [0.15, 0.2) is 79.1 Å². The van der Waals surface area contributed by atoms with Gasteiger partial charge < -0.3 is 10.1 Å². The molecule has 0 aliphatic rings. The highest BCUT2D eigenvalue weighted by Crippen LogP contribution is 2.38. The number of carbonyl (C=O) groups is 1. The van der Waals surface area contributed by atoms with Crippen molar-refractivity contribution in [2.75, 3.05) is 12.4 Å². The largest absolute Gasteiger partial charge is 0.496 e. The maximum Gasteiger partial charge on any atom is 0.156 e. The second kappa shape index (κ2) is 9.58. The van der Waals surface area contributed by atoms with Crippen molar-refractivity contribution in [2.24, 2.45) is 0 Å². The molecule has 0 radical (unpaired) electrons. The van der Waals surface area contributed by atoms with Crippen molar-refractivity contribution in [1.82, 2.24) is 9.97 Å². The fraction of sp³-hybridized carbons (Fsp3) is 0.100. The number of para-hydroxylation sites is 1. The molecule has 1 heterocycles. The van der Waals surface area contributed by atoms with Crippen molar-refractivity contribution in [3.05, 3.63) is 102 Å². The van der Waals surface area contributed by atoms with E-state index in [4.69, 9.17) is 4.74 Å². The first-order valence-corrected chi connectivity index (χ1v) is 11.5. The summed E-state index contributed by atoms with van der Waals surface area (Å²) >= 11 is 0. The minimum Gasteiger partial charge on any atom is -0.496 e. The Morgan fingerprint density at radius 3 is 2.28 bits per heavy atom. The predicted octanol–water partition coefficient (Wildman–Crippen LogP) is 7.28. The van der Waals surface area contributed by atoms with Gasteiger partial charge in [-0.1, -0.05) is 36.4 Å². The number of carbonyl (C=O) groups excluding carboxylic acids is 1. The van der Waals surface area contributed by atoms with Gasteiger partial charge in [0.05, 0.1) is 23.9 Å². The molecule has 1 aromatic heterocycles. The minimum absolute atomic E-state index is 0.0807. The first kappa shape index (κ1) is 23.2. The smallest absolute Gasteiger partial charge is 0.156 e. The molecule has 0 atom stereocenters. The van der Waals surface area contributed by atoms with E-state index >= 15 is 0 Å². The molecule has 1 N–H and O–H groups in total. The second-order valence-corrected chi connectivity index (χ2v) is 8.50. The van der Waals surface area contributed by atoms with E-state index in [1.165, 1.54) is 13.2 Å². The van der Waals surface area contributed by atoms with Crippen LogP contribution >= 0.6 is 0 Å². The summed E-state index contributed by atoms with van der Waals surface area (Å²) in [6.07, 6.45) is 3.84. The lowest BCUT2D eigenvalue weighted by atomic mass is 9.90. The zero-order valence-electron chi connectivity index (χ0n) is 20.2. The average Bonchev–Trinajstić information content (AvgIpc) is 2.90. The lowest BCUT2D eigenvalue weighted by molar-refractivity contribution is 0.111.